The number of rotatable bonds is 5. The van der Waals surface area contributed by atoms with Crippen LogP contribution >= 0.6 is 0 Å². The molecule has 2 heterocycles. The number of piperidine rings is 1. The van der Waals surface area contributed by atoms with E-state index in [1.807, 2.05) is 14.0 Å². The summed E-state index contributed by atoms with van der Waals surface area (Å²) in [5.74, 6) is 0.686. The van der Waals surface area contributed by atoms with Gasteiger partial charge in [-0.2, -0.15) is 0 Å². The Morgan fingerprint density at radius 1 is 1.35 bits per heavy atom. The highest BCUT2D eigenvalue weighted by Crippen LogP contribution is 2.14. The van der Waals surface area contributed by atoms with Gasteiger partial charge in [-0.3, -0.25) is 0 Å². The molecule has 0 bridgehead atoms. The molecule has 1 aromatic heterocycles. The monoisotopic (exact) mass is 298 g/mol. The second kappa shape index (κ2) is 6.51. The summed E-state index contributed by atoms with van der Waals surface area (Å²) in [6, 6.07) is 3.29. The predicted octanol–water partition coefficient (Wildman–Crippen LogP) is 0.886. The van der Waals surface area contributed by atoms with Crippen molar-refractivity contribution in [3.63, 3.8) is 0 Å². The molecule has 2 rings (SSSR count). The van der Waals surface area contributed by atoms with Crippen LogP contribution in [0.15, 0.2) is 23.2 Å². The first-order valence-electron chi connectivity index (χ1n) is 6.92. The first-order chi connectivity index (χ1) is 9.51. The summed E-state index contributed by atoms with van der Waals surface area (Å²) < 4.78 is 27.3. The first-order valence-corrected chi connectivity index (χ1v) is 8.40. The minimum atomic E-state index is -3.47. The highest BCUT2D eigenvalue weighted by Gasteiger charge is 2.23. The normalized spacial score (nSPS) is 18.1. The van der Waals surface area contributed by atoms with E-state index in [2.05, 4.69) is 19.9 Å². The van der Waals surface area contributed by atoms with Crippen molar-refractivity contribution in [1.29, 1.82) is 0 Å². The molecule has 0 spiro atoms. The number of nitrogens with one attached hydrogen (secondary N) is 2. The Bertz CT molecular complexity index is 522. The molecule has 1 saturated heterocycles. The maximum atomic E-state index is 12.3. The van der Waals surface area contributed by atoms with Crippen molar-refractivity contribution < 1.29 is 8.42 Å². The highest BCUT2D eigenvalue weighted by molar-refractivity contribution is 7.89. The third kappa shape index (κ3) is 3.91. The second-order valence-electron chi connectivity index (χ2n) is 5.11. The van der Waals surface area contributed by atoms with Crippen LogP contribution in [0, 0.1) is 0 Å². The van der Waals surface area contributed by atoms with Gasteiger partial charge in [0.2, 0.25) is 10.0 Å². The fourth-order valence-electron chi connectivity index (χ4n) is 2.24. The average Bonchev–Trinajstić information content (AvgIpc) is 2.42. The number of nitrogens with zero attached hydrogens (tertiary/aromatic N) is 2. The minimum Gasteiger partial charge on any atom is -0.370 e. The third-order valence-corrected chi connectivity index (χ3v) is 4.95. The van der Waals surface area contributed by atoms with E-state index in [4.69, 9.17) is 0 Å². The van der Waals surface area contributed by atoms with E-state index in [1.54, 1.807) is 12.1 Å². The van der Waals surface area contributed by atoms with Crippen molar-refractivity contribution in [3.8, 4) is 0 Å². The van der Waals surface area contributed by atoms with Gasteiger partial charge in [0.25, 0.3) is 0 Å². The van der Waals surface area contributed by atoms with Gasteiger partial charge in [-0.1, -0.05) is 0 Å². The van der Waals surface area contributed by atoms with Gasteiger partial charge in [-0.25, -0.2) is 18.1 Å². The molecule has 1 fully saturated rings. The number of aromatic nitrogens is 1. The van der Waals surface area contributed by atoms with E-state index in [-0.39, 0.29) is 10.9 Å². The Morgan fingerprint density at radius 3 is 2.60 bits per heavy atom. The fourth-order valence-corrected chi connectivity index (χ4v) is 3.49. The van der Waals surface area contributed by atoms with Crippen molar-refractivity contribution in [2.45, 2.75) is 30.7 Å². The lowest BCUT2D eigenvalue weighted by molar-refractivity contribution is 0.248. The molecule has 0 unspecified atom stereocenters. The van der Waals surface area contributed by atoms with E-state index in [0.717, 1.165) is 32.5 Å². The number of anilines is 1. The van der Waals surface area contributed by atoms with Crippen molar-refractivity contribution in [2.24, 2.45) is 0 Å². The molecule has 0 amide bonds. The predicted molar refractivity (Wildman–Crippen MR) is 79.2 cm³/mol. The van der Waals surface area contributed by atoms with Crippen molar-refractivity contribution in [1.82, 2.24) is 14.6 Å². The molecule has 1 aliphatic rings. The van der Waals surface area contributed by atoms with Crippen LogP contribution in [0.25, 0.3) is 0 Å². The van der Waals surface area contributed by atoms with Crippen LogP contribution in [0.3, 0.4) is 0 Å². The lowest BCUT2D eigenvalue weighted by Gasteiger charge is -2.29. The number of pyridine rings is 1. The van der Waals surface area contributed by atoms with E-state index in [1.165, 1.54) is 6.20 Å². The first kappa shape index (κ1) is 15.2. The molecule has 20 heavy (non-hydrogen) atoms. The summed E-state index contributed by atoms with van der Waals surface area (Å²) >= 11 is 0. The molecule has 0 atom stereocenters. The minimum absolute atomic E-state index is 0.0182. The zero-order valence-corrected chi connectivity index (χ0v) is 12.8. The van der Waals surface area contributed by atoms with Crippen molar-refractivity contribution in [3.05, 3.63) is 18.3 Å². The number of hydrogen-bond acceptors (Lipinski definition) is 5. The topological polar surface area (TPSA) is 74.3 Å². The molecule has 1 aliphatic heterocycles. The summed E-state index contributed by atoms with van der Waals surface area (Å²) in [5.41, 5.74) is 0. The van der Waals surface area contributed by atoms with Gasteiger partial charge in [-0.15, -0.1) is 0 Å². The summed E-state index contributed by atoms with van der Waals surface area (Å²) in [6.45, 7) is 4.57. The number of hydrogen-bond donors (Lipinski definition) is 2. The fraction of sp³-hybridized carbons (Fsp3) is 0.615. The quantitative estimate of drug-likeness (QED) is 0.844. The van der Waals surface area contributed by atoms with Gasteiger partial charge >= 0.3 is 0 Å². The summed E-state index contributed by atoms with van der Waals surface area (Å²) in [5, 5.41) is 3.04. The van der Waals surface area contributed by atoms with Gasteiger partial charge in [0.05, 0.1) is 0 Å². The van der Waals surface area contributed by atoms with Crippen molar-refractivity contribution in [2.75, 3.05) is 32.0 Å². The maximum Gasteiger partial charge on any atom is 0.242 e. The summed E-state index contributed by atoms with van der Waals surface area (Å²) in [7, 11) is -1.42. The SMILES string of the molecule is CCNc1ccc(S(=O)(=O)NC2CCN(C)CC2)cn1. The number of likely N-dealkylation sites (tertiary alicyclic amines) is 1. The van der Waals surface area contributed by atoms with Gasteiger partial charge in [0, 0.05) is 18.8 Å². The van der Waals surface area contributed by atoms with Crippen LogP contribution in [0.2, 0.25) is 0 Å². The van der Waals surface area contributed by atoms with E-state index >= 15 is 0 Å². The molecule has 112 valence electrons. The van der Waals surface area contributed by atoms with Crippen LogP contribution in [0.1, 0.15) is 19.8 Å². The zero-order valence-electron chi connectivity index (χ0n) is 12.0. The van der Waals surface area contributed by atoms with E-state index < -0.39 is 10.0 Å². The van der Waals surface area contributed by atoms with Crippen molar-refractivity contribution >= 4 is 15.8 Å². The molecule has 0 aliphatic carbocycles. The average molecular weight is 298 g/mol. The van der Waals surface area contributed by atoms with Gasteiger partial charge in [-0.05, 0) is 52.0 Å². The molecular formula is C13H22N4O2S. The van der Waals surface area contributed by atoms with Gasteiger partial charge in [0.1, 0.15) is 10.7 Å². The van der Waals surface area contributed by atoms with Crippen LogP contribution in [-0.4, -0.2) is 51.0 Å². The van der Waals surface area contributed by atoms with Crippen LogP contribution in [0.4, 0.5) is 5.82 Å². The summed E-state index contributed by atoms with van der Waals surface area (Å²) in [4.78, 5) is 6.53. The maximum absolute atomic E-state index is 12.3. The Hall–Kier alpha value is -1.18. The van der Waals surface area contributed by atoms with Gasteiger partial charge in [0.15, 0.2) is 0 Å². The molecule has 1 aromatic rings. The Kier molecular flexibility index (Phi) is 4.95. The lowest BCUT2D eigenvalue weighted by atomic mass is 10.1. The van der Waals surface area contributed by atoms with Crippen LogP contribution in [-0.2, 0) is 10.0 Å². The highest BCUT2D eigenvalue weighted by atomic mass is 32.2. The standard InChI is InChI=1S/C13H22N4O2S/c1-3-14-13-5-4-12(10-15-13)20(18,19)16-11-6-8-17(2)9-7-11/h4-5,10-11,16H,3,6-9H2,1-2H3,(H,14,15). The Labute approximate surface area is 120 Å². The molecular weight excluding hydrogens is 276 g/mol. The second-order valence-corrected chi connectivity index (χ2v) is 6.82. The molecule has 6 nitrogen and oxygen atoms in total. The number of sulfonamides is 1. The largest absolute Gasteiger partial charge is 0.370 e. The molecule has 0 saturated carbocycles. The Balaban J connectivity index is 2.02. The molecule has 0 radical (unpaired) electrons. The Morgan fingerprint density at radius 2 is 2.05 bits per heavy atom. The lowest BCUT2D eigenvalue weighted by Crippen LogP contribution is -2.43. The van der Waals surface area contributed by atoms with E-state index in [0.29, 0.717) is 5.82 Å². The smallest absolute Gasteiger partial charge is 0.242 e. The van der Waals surface area contributed by atoms with Crippen LogP contribution < -0.4 is 10.0 Å². The zero-order chi connectivity index (χ0) is 14.6. The molecule has 2 N–H and O–H groups in total. The van der Waals surface area contributed by atoms with E-state index in [9.17, 15) is 8.42 Å². The third-order valence-electron chi connectivity index (χ3n) is 3.44. The van der Waals surface area contributed by atoms with Gasteiger partial charge < -0.3 is 10.2 Å². The summed E-state index contributed by atoms with van der Waals surface area (Å²) in [6.07, 6.45) is 3.09. The molecule has 0 aromatic carbocycles. The molecule has 7 heteroatoms. The van der Waals surface area contributed by atoms with Crippen LogP contribution in [0.5, 0.6) is 0 Å².